The molecule has 1 N–H and O–H groups in total. The molecule has 128 valence electrons. The summed E-state index contributed by atoms with van der Waals surface area (Å²) in [5.74, 6) is -0.355. The van der Waals surface area contributed by atoms with Gasteiger partial charge in [0.1, 0.15) is 5.82 Å². The second-order valence-electron chi connectivity index (χ2n) is 6.33. The van der Waals surface area contributed by atoms with Gasteiger partial charge >= 0.3 is 0 Å². The number of hydrogen-bond donors (Lipinski definition) is 1. The van der Waals surface area contributed by atoms with Crippen LogP contribution in [-0.4, -0.2) is 26.5 Å². The van der Waals surface area contributed by atoms with Crippen molar-refractivity contribution >= 4 is 11.6 Å². The van der Waals surface area contributed by atoms with Gasteiger partial charge in [0.05, 0.1) is 0 Å². The molecule has 0 aliphatic carbocycles. The van der Waals surface area contributed by atoms with Crippen LogP contribution in [0.5, 0.6) is 0 Å². The topological polar surface area (TPSA) is 32.3 Å². The largest absolute Gasteiger partial charge is 0.378 e. The molecule has 0 bridgehead atoms. The average Bonchev–Trinajstić information content (AvgIpc) is 2.57. The Morgan fingerprint density at radius 3 is 2.21 bits per heavy atom. The summed E-state index contributed by atoms with van der Waals surface area (Å²) in [5, 5.41) is 2.98. The first-order valence-electron chi connectivity index (χ1n) is 8.24. The minimum absolute atomic E-state index is 0.0317. The van der Waals surface area contributed by atoms with Crippen LogP contribution in [0, 0.1) is 11.7 Å². The van der Waals surface area contributed by atoms with Gasteiger partial charge in [-0.2, -0.15) is 0 Å². The molecule has 1 amide bonds. The molecular weight excluding hydrogens is 303 g/mol. The van der Waals surface area contributed by atoms with Crippen molar-refractivity contribution in [3.63, 3.8) is 0 Å². The van der Waals surface area contributed by atoms with Crippen LogP contribution in [0.1, 0.15) is 18.1 Å². The number of carbonyl (C=O) groups excluding carboxylic acids is 1. The monoisotopic (exact) mass is 328 g/mol. The lowest BCUT2D eigenvalue weighted by atomic mass is 10.0. The Hall–Kier alpha value is -2.36. The third-order valence-electron chi connectivity index (χ3n) is 4.07. The molecule has 1 unspecified atom stereocenters. The van der Waals surface area contributed by atoms with Crippen molar-refractivity contribution < 1.29 is 9.18 Å². The Morgan fingerprint density at radius 2 is 1.62 bits per heavy atom. The Kier molecular flexibility index (Phi) is 6.36. The van der Waals surface area contributed by atoms with Crippen LogP contribution < -0.4 is 10.2 Å². The third kappa shape index (κ3) is 5.37. The summed E-state index contributed by atoms with van der Waals surface area (Å²) >= 11 is 0. The van der Waals surface area contributed by atoms with Crippen LogP contribution >= 0.6 is 0 Å². The summed E-state index contributed by atoms with van der Waals surface area (Å²) in [5.41, 5.74) is 3.33. The molecule has 0 aromatic heterocycles. The number of benzene rings is 2. The second-order valence-corrected chi connectivity index (χ2v) is 6.33. The van der Waals surface area contributed by atoms with E-state index in [1.54, 1.807) is 12.1 Å². The fourth-order valence-electron chi connectivity index (χ4n) is 2.53. The second kappa shape index (κ2) is 8.48. The highest BCUT2D eigenvalue weighted by Gasteiger charge is 2.13. The number of halogens is 1. The number of carbonyl (C=O) groups is 1. The molecule has 0 heterocycles. The zero-order valence-electron chi connectivity index (χ0n) is 14.6. The van der Waals surface area contributed by atoms with E-state index < -0.39 is 0 Å². The maximum atomic E-state index is 12.9. The Labute approximate surface area is 143 Å². The Morgan fingerprint density at radius 1 is 1.04 bits per heavy atom. The molecule has 0 fully saturated rings. The molecule has 2 aromatic rings. The zero-order chi connectivity index (χ0) is 17.5. The van der Waals surface area contributed by atoms with Gasteiger partial charge in [-0.1, -0.05) is 31.2 Å². The van der Waals surface area contributed by atoms with E-state index in [4.69, 9.17) is 0 Å². The van der Waals surface area contributed by atoms with Crippen molar-refractivity contribution in [1.29, 1.82) is 0 Å². The minimum Gasteiger partial charge on any atom is -0.378 e. The Bertz CT molecular complexity index is 650. The van der Waals surface area contributed by atoms with E-state index in [9.17, 15) is 9.18 Å². The summed E-state index contributed by atoms with van der Waals surface area (Å²) in [6, 6.07) is 14.6. The van der Waals surface area contributed by atoms with E-state index in [0.717, 1.165) is 17.7 Å². The molecule has 2 rings (SSSR count). The first-order chi connectivity index (χ1) is 11.5. The van der Waals surface area contributed by atoms with Crippen LogP contribution in [0.15, 0.2) is 48.5 Å². The van der Waals surface area contributed by atoms with Crippen molar-refractivity contribution in [3.8, 4) is 0 Å². The van der Waals surface area contributed by atoms with Crippen molar-refractivity contribution in [2.45, 2.75) is 19.8 Å². The maximum Gasteiger partial charge on any atom is 0.223 e. The highest BCUT2D eigenvalue weighted by molar-refractivity contribution is 5.78. The summed E-state index contributed by atoms with van der Waals surface area (Å²) in [6.07, 6.45) is 1.42. The van der Waals surface area contributed by atoms with Gasteiger partial charge in [-0.15, -0.1) is 0 Å². The van der Waals surface area contributed by atoms with Gasteiger partial charge in [0, 0.05) is 32.2 Å². The molecule has 0 aliphatic heterocycles. The first-order valence-corrected chi connectivity index (χ1v) is 8.24. The van der Waals surface area contributed by atoms with Crippen molar-refractivity contribution in [2.75, 3.05) is 25.5 Å². The summed E-state index contributed by atoms with van der Waals surface area (Å²) in [6.45, 7) is 2.51. The number of nitrogens with one attached hydrogen (secondary N) is 1. The molecule has 2 aromatic carbocycles. The van der Waals surface area contributed by atoms with E-state index in [0.29, 0.717) is 13.0 Å². The number of amides is 1. The van der Waals surface area contributed by atoms with Gasteiger partial charge in [0.25, 0.3) is 0 Å². The molecule has 0 radical (unpaired) electrons. The molecule has 0 spiro atoms. The molecule has 24 heavy (non-hydrogen) atoms. The summed E-state index contributed by atoms with van der Waals surface area (Å²) in [4.78, 5) is 14.2. The lowest BCUT2D eigenvalue weighted by molar-refractivity contribution is -0.124. The summed E-state index contributed by atoms with van der Waals surface area (Å²) < 4.78 is 12.9. The van der Waals surface area contributed by atoms with E-state index in [1.165, 1.54) is 17.7 Å². The molecule has 0 saturated carbocycles. The molecular formula is C20H25FN2O. The number of rotatable bonds is 7. The van der Waals surface area contributed by atoms with Crippen molar-refractivity contribution in [2.24, 2.45) is 5.92 Å². The van der Waals surface area contributed by atoms with E-state index >= 15 is 0 Å². The van der Waals surface area contributed by atoms with E-state index in [-0.39, 0.29) is 17.6 Å². The molecule has 1 atom stereocenters. The van der Waals surface area contributed by atoms with Gasteiger partial charge in [0.15, 0.2) is 0 Å². The lowest BCUT2D eigenvalue weighted by Crippen LogP contribution is -2.31. The highest BCUT2D eigenvalue weighted by Crippen LogP contribution is 2.13. The SMILES string of the molecule is CC(Cc1ccc(F)cc1)C(=O)NCCc1ccc(N(C)C)cc1. The Balaban J connectivity index is 1.76. The predicted molar refractivity (Wildman–Crippen MR) is 96.8 cm³/mol. The molecule has 4 heteroatoms. The van der Waals surface area contributed by atoms with Crippen LogP contribution in [0.4, 0.5) is 10.1 Å². The van der Waals surface area contributed by atoms with Gasteiger partial charge in [-0.3, -0.25) is 4.79 Å². The van der Waals surface area contributed by atoms with Crippen LogP contribution in [-0.2, 0) is 17.6 Å². The number of anilines is 1. The zero-order valence-corrected chi connectivity index (χ0v) is 14.6. The molecule has 0 aliphatic rings. The van der Waals surface area contributed by atoms with E-state index in [2.05, 4.69) is 34.5 Å². The van der Waals surface area contributed by atoms with E-state index in [1.807, 2.05) is 21.0 Å². The third-order valence-corrected chi connectivity index (χ3v) is 4.07. The fraction of sp³-hybridized carbons (Fsp3) is 0.350. The van der Waals surface area contributed by atoms with Gasteiger partial charge < -0.3 is 10.2 Å². The predicted octanol–water partition coefficient (Wildman–Crippen LogP) is 3.43. The fourth-order valence-corrected chi connectivity index (χ4v) is 2.53. The highest BCUT2D eigenvalue weighted by atomic mass is 19.1. The smallest absolute Gasteiger partial charge is 0.223 e. The number of nitrogens with zero attached hydrogens (tertiary/aromatic N) is 1. The molecule has 0 saturated heterocycles. The van der Waals surface area contributed by atoms with Crippen molar-refractivity contribution in [3.05, 3.63) is 65.5 Å². The van der Waals surface area contributed by atoms with Gasteiger partial charge in [-0.25, -0.2) is 4.39 Å². The maximum absolute atomic E-state index is 12.9. The summed E-state index contributed by atoms with van der Waals surface area (Å²) in [7, 11) is 4.02. The average molecular weight is 328 g/mol. The number of hydrogen-bond acceptors (Lipinski definition) is 2. The van der Waals surface area contributed by atoms with Crippen LogP contribution in [0.2, 0.25) is 0 Å². The van der Waals surface area contributed by atoms with Crippen LogP contribution in [0.3, 0.4) is 0 Å². The lowest BCUT2D eigenvalue weighted by Gasteiger charge is -2.14. The first kappa shape index (κ1) is 18.0. The standard InChI is InChI=1S/C20H25FN2O/c1-15(14-17-4-8-18(21)9-5-17)20(24)22-13-12-16-6-10-19(11-7-16)23(2)3/h4-11,15H,12-14H2,1-3H3,(H,22,24). The quantitative estimate of drug-likeness (QED) is 0.844. The van der Waals surface area contributed by atoms with Crippen molar-refractivity contribution in [1.82, 2.24) is 5.32 Å². The van der Waals surface area contributed by atoms with Crippen LogP contribution in [0.25, 0.3) is 0 Å². The minimum atomic E-state index is -0.254. The van der Waals surface area contributed by atoms with Gasteiger partial charge in [0.2, 0.25) is 5.91 Å². The normalized spacial score (nSPS) is 11.8. The van der Waals surface area contributed by atoms with Gasteiger partial charge in [-0.05, 0) is 48.2 Å². The molecule has 3 nitrogen and oxygen atoms in total.